The first-order valence-electron chi connectivity index (χ1n) is 6.40. The van der Waals surface area contributed by atoms with Gasteiger partial charge in [-0.15, -0.1) is 0 Å². The molecule has 0 aromatic heterocycles. The summed E-state index contributed by atoms with van der Waals surface area (Å²) >= 11 is 0. The van der Waals surface area contributed by atoms with E-state index < -0.39 is 0 Å². The van der Waals surface area contributed by atoms with Crippen LogP contribution in [0.4, 0.5) is 0 Å². The van der Waals surface area contributed by atoms with Gasteiger partial charge < -0.3 is 5.11 Å². The SMILES string of the molecule is CC(C)CCCC(O)C(C)CC(C)(C)C. The summed E-state index contributed by atoms with van der Waals surface area (Å²) in [7, 11) is 0. The van der Waals surface area contributed by atoms with E-state index in [-0.39, 0.29) is 6.10 Å². The van der Waals surface area contributed by atoms with Crippen molar-refractivity contribution in [2.75, 3.05) is 0 Å². The molecule has 0 amide bonds. The molecule has 0 spiro atoms. The zero-order valence-corrected chi connectivity index (χ0v) is 11.5. The molecule has 2 unspecified atom stereocenters. The smallest absolute Gasteiger partial charge is 0.0566 e. The molecule has 0 heterocycles. The maximum atomic E-state index is 9.99. The van der Waals surface area contributed by atoms with Crippen LogP contribution in [-0.4, -0.2) is 11.2 Å². The standard InChI is InChI=1S/C14H30O/c1-11(2)8-7-9-13(15)12(3)10-14(4,5)6/h11-13,15H,7-10H2,1-6H3. The second-order valence-corrected chi connectivity index (χ2v) is 6.63. The Balaban J connectivity index is 3.74. The first-order valence-corrected chi connectivity index (χ1v) is 6.40. The summed E-state index contributed by atoms with van der Waals surface area (Å²) in [4.78, 5) is 0. The highest BCUT2D eigenvalue weighted by Crippen LogP contribution is 2.27. The minimum Gasteiger partial charge on any atom is -0.393 e. The monoisotopic (exact) mass is 214 g/mol. The third-order valence-electron chi connectivity index (χ3n) is 2.87. The van der Waals surface area contributed by atoms with Crippen LogP contribution in [0.2, 0.25) is 0 Å². The van der Waals surface area contributed by atoms with Crippen molar-refractivity contribution in [2.45, 2.75) is 73.3 Å². The van der Waals surface area contributed by atoms with E-state index in [1.807, 2.05) is 0 Å². The van der Waals surface area contributed by atoms with Crippen LogP contribution >= 0.6 is 0 Å². The lowest BCUT2D eigenvalue weighted by molar-refractivity contribution is 0.0804. The van der Waals surface area contributed by atoms with E-state index in [4.69, 9.17) is 0 Å². The Bertz CT molecular complexity index is 155. The Morgan fingerprint density at radius 1 is 1.00 bits per heavy atom. The lowest BCUT2D eigenvalue weighted by Gasteiger charge is -2.27. The van der Waals surface area contributed by atoms with Crippen molar-refractivity contribution in [3.05, 3.63) is 0 Å². The topological polar surface area (TPSA) is 20.2 Å². The molecule has 0 aliphatic rings. The molecular formula is C14H30O. The second-order valence-electron chi connectivity index (χ2n) is 6.63. The molecule has 0 aliphatic carbocycles. The first kappa shape index (κ1) is 15.0. The van der Waals surface area contributed by atoms with E-state index in [1.165, 1.54) is 6.42 Å². The quantitative estimate of drug-likeness (QED) is 0.701. The number of hydrogen-bond acceptors (Lipinski definition) is 1. The summed E-state index contributed by atoms with van der Waals surface area (Å²) in [5.41, 5.74) is 0.332. The first-order chi connectivity index (χ1) is 6.72. The Morgan fingerprint density at radius 2 is 1.53 bits per heavy atom. The minimum absolute atomic E-state index is 0.108. The highest BCUT2D eigenvalue weighted by Gasteiger charge is 2.20. The molecule has 1 heteroatoms. The summed E-state index contributed by atoms with van der Waals surface area (Å²) < 4.78 is 0. The van der Waals surface area contributed by atoms with Crippen molar-refractivity contribution in [2.24, 2.45) is 17.3 Å². The van der Waals surface area contributed by atoms with E-state index >= 15 is 0 Å². The van der Waals surface area contributed by atoms with Crippen molar-refractivity contribution in [3.63, 3.8) is 0 Å². The molecule has 0 aliphatic heterocycles. The average molecular weight is 214 g/mol. The largest absolute Gasteiger partial charge is 0.393 e. The molecule has 0 aromatic carbocycles. The predicted molar refractivity (Wildman–Crippen MR) is 67.9 cm³/mol. The second kappa shape index (κ2) is 6.52. The molecule has 1 N–H and O–H groups in total. The van der Waals surface area contributed by atoms with Crippen molar-refractivity contribution in [1.29, 1.82) is 0 Å². The summed E-state index contributed by atoms with van der Waals surface area (Å²) in [6.45, 7) is 13.4. The van der Waals surface area contributed by atoms with Crippen LogP contribution in [0, 0.1) is 17.3 Å². The molecule has 15 heavy (non-hydrogen) atoms. The molecule has 0 radical (unpaired) electrons. The lowest BCUT2D eigenvalue weighted by Crippen LogP contribution is -2.23. The van der Waals surface area contributed by atoms with Crippen LogP contribution in [0.25, 0.3) is 0 Å². The molecule has 0 rings (SSSR count). The number of hydrogen-bond donors (Lipinski definition) is 1. The van der Waals surface area contributed by atoms with Gasteiger partial charge in [-0.25, -0.2) is 0 Å². The zero-order valence-electron chi connectivity index (χ0n) is 11.5. The highest BCUT2D eigenvalue weighted by molar-refractivity contribution is 4.72. The lowest BCUT2D eigenvalue weighted by atomic mass is 9.82. The van der Waals surface area contributed by atoms with Gasteiger partial charge in [0.25, 0.3) is 0 Å². The molecule has 0 saturated carbocycles. The van der Waals surface area contributed by atoms with Gasteiger partial charge in [-0.3, -0.25) is 0 Å². The van der Waals surface area contributed by atoms with Crippen LogP contribution in [0.3, 0.4) is 0 Å². The molecule has 0 fully saturated rings. The van der Waals surface area contributed by atoms with Crippen molar-refractivity contribution >= 4 is 0 Å². The van der Waals surface area contributed by atoms with Crippen molar-refractivity contribution < 1.29 is 5.11 Å². The van der Waals surface area contributed by atoms with Gasteiger partial charge in [-0.05, 0) is 30.1 Å². The van der Waals surface area contributed by atoms with Crippen LogP contribution in [0.1, 0.15) is 67.2 Å². The molecule has 2 atom stereocenters. The van der Waals surface area contributed by atoms with Gasteiger partial charge in [0.1, 0.15) is 0 Å². The highest BCUT2D eigenvalue weighted by atomic mass is 16.3. The normalized spacial score (nSPS) is 16.8. The van der Waals surface area contributed by atoms with E-state index in [1.54, 1.807) is 0 Å². The van der Waals surface area contributed by atoms with Gasteiger partial charge in [-0.1, -0.05) is 54.4 Å². The van der Waals surface area contributed by atoms with Crippen molar-refractivity contribution in [1.82, 2.24) is 0 Å². The summed E-state index contributed by atoms with van der Waals surface area (Å²) in [5, 5.41) is 9.99. The van der Waals surface area contributed by atoms with E-state index in [9.17, 15) is 5.11 Å². The van der Waals surface area contributed by atoms with Crippen LogP contribution in [0.5, 0.6) is 0 Å². The Labute approximate surface area is 96.3 Å². The number of rotatable bonds is 6. The molecule has 0 aromatic rings. The van der Waals surface area contributed by atoms with Gasteiger partial charge in [0.05, 0.1) is 6.10 Å². The van der Waals surface area contributed by atoms with E-state index in [0.29, 0.717) is 11.3 Å². The Morgan fingerprint density at radius 3 is 1.93 bits per heavy atom. The molecule has 92 valence electrons. The predicted octanol–water partition coefficient (Wildman–Crippen LogP) is 4.25. The molecule has 0 saturated heterocycles. The van der Waals surface area contributed by atoms with Gasteiger partial charge in [-0.2, -0.15) is 0 Å². The van der Waals surface area contributed by atoms with Crippen LogP contribution in [0.15, 0.2) is 0 Å². The fourth-order valence-corrected chi connectivity index (χ4v) is 2.12. The van der Waals surface area contributed by atoms with Crippen LogP contribution < -0.4 is 0 Å². The maximum Gasteiger partial charge on any atom is 0.0566 e. The van der Waals surface area contributed by atoms with Gasteiger partial charge in [0.15, 0.2) is 0 Å². The van der Waals surface area contributed by atoms with Crippen LogP contribution in [-0.2, 0) is 0 Å². The fourth-order valence-electron chi connectivity index (χ4n) is 2.12. The molecule has 0 bridgehead atoms. The minimum atomic E-state index is -0.108. The number of aliphatic hydroxyl groups excluding tert-OH is 1. The van der Waals surface area contributed by atoms with Gasteiger partial charge >= 0.3 is 0 Å². The van der Waals surface area contributed by atoms with E-state index in [2.05, 4.69) is 41.5 Å². The van der Waals surface area contributed by atoms with Crippen molar-refractivity contribution in [3.8, 4) is 0 Å². The Hall–Kier alpha value is -0.0400. The number of aliphatic hydroxyl groups is 1. The summed E-state index contributed by atoms with van der Waals surface area (Å²) in [5.74, 6) is 1.19. The van der Waals surface area contributed by atoms with Gasteiger partial charge in [0, 0.05) is 0 Å². The van der Waals surface area contributed by atoms with Gasteiger partial charge in [0.2, 0.25) is 0 Å². The Kier molecular flexibility index (Phi) is 6.51. The summed E-state index contributed by atoms with van der Waals surface area (Å²) in [6.07, 6.45) is 4.36. The molecule has 1 nitrogen and oxygen atoms in total. The average Bonchev–Trinajstić information content (AvgIpc) is 1.99. The zero-order chi connectivity index (χ0) is 12.1. The fraction of sp³-hybridized carbons (Fsp3) is 1.00. The van der Waals surface area contributed by atoms with E-state index in [0.717, 1.165) is 25.2 Å². The summed E-state index contributed by atoms with van der Waals surface area (Å²) in [6, 6.07) is 0. The maximum absolute atomic E-state index is 9.99. The third-order valence-corrected chi connectivity index (χ3v) is 2.87. The third kappa shape index (κ3) is 8.92. The molecular weight excluding hydrogens is 184 g/mol.